The van der Waals surface area contributed by atoms with E-state index in [-0.39, 0.29) is 11.3 Å². The lowest BCUT2D eigenvalue weighted by molar-refractivity contribution is 0.0734. The molecule has 7 heteroatoms. The maximum atomic E-state index is 13.2. The van der Waals surface area contributed by atoms with E-state index in [0.29, 0.717) is 27.7 Å². The van der Waals surface area contributed by atoms with Crippen molar-refractivity contribution in [1.82, 2.24) is 10.6 Å². The monoisotopic (exact) mass is 446 g/mol. The Bertz CT molecular complexity index is 1210. The van der Waals surface area contributed by atoms with Gasteiger partial charge in [0.15, 0.2) is 10.9 Å². The number of Topliss-reactive ketones (excluding diaryl/α,β-unsaturated/α-hetero) is 1. The molecule has 2 N–H and O–H groups in total. The van der Waals surface area contributed by atoms with Gasteiger partial charge in [0.05, 0.1) is 11.6 Å². The van der Waals surface area contributed by atoms with Crippen LogP contribution in [0.4, 0.5) is 4.39 Å². The van der Waals surface area contributed by atoms with Crippen molar-refractivity contribution < 1.29 is 18.7 Å². The number of thiocarbonyl (C=S) groups is 1. The lowest BCUT2D eigenvalue weighted by Crippen LogP contribution is -2.44. The Balaban J connectivity index is 1.58. The number of hydrogen-bond donors (Lipinski definition) is 2. The van der Waals surface area contributed by atoms with Gasteiger partial charge in [0.25, 0.3) is 0 Å². The first kappa shape index (κ1) is 21.4. The predicted octanol–water partition coefficient (Wildman–Crippen LogP) is 4.72. The van der Waals surface area contributed by atoms with Crippen LogP contribution in [0.1, 0.15) is 39.2 Å². The van der Waals surface area contributed by atoms with Crippen molar-refractivity contribution in [3.8, 4) is 5.75 Å². The van der Waals surface area contributed by atoms with E-state index < -0.39 is 17.8 Å². The predicted molar refractivity (Wildman–Crippen MR) is 123 cm³/mol. The molecule has 4 rings (SSSR count). The third-order valence-electron chi connectivity index (χ3n) is 5.05. The highest BCUT2D eigenvalue weighted by Crippen LogP contribution is 2.30. The Labute approximate surface area is 189 Å². The van der Waals surface area contributed by atoms with Gasteiger partial charge in [-0.25, -0.2) is 9.18 Å². The van der Waals surface area contributed by atoms with E-state index >= 15 is 0 Å². The summed E-state index contributed by atoms with van der Waals surface area (Å²) in [4.78, 5) is 25.5. The summed E-state index contributed by atoms with van der Waals surface area (Å²) in [5, 5.41) is 6.60. The molecule has 0 amide bonds. The number of halogens is 1. The second kappa shape index (κ2) is 9.11. The minimum Gasteiger partial charge on any atom is -0.423 e. The number of nitrogens with one attached hydrogen (secondary N) is 2. The van der Waals surface area contributed by atoms with Gasteiger partial charge < -0.3 is 15.4 Å². The summed E-state index contributed by atoms with van der Waals surface area (Å²) in [5.74, 6) is -0.796. The molecule has 0 aliphatic carbocycles. The number of benzene rings is 3. The highest BCUT2D eigenvalue weighted by molar-refractivity contribution is 7.80. The second-order valence-electron chi connectivity index (χ2n) is 7.23. The first-order chi connectivity index (χ1) is 15.4. The standard InChI is InChI=1S/C25H19FN2O3S/c1-15-21(23(29)17-5-3-2-4-6-17)22(28-25(32)27-15)16-9-13-20(14-10-16)31-24(30)18-7-11-19(26)12-8-18/h2-14,22H,1H3,(H2,27,28,32). The van der Waals surface area contributed by atoms with Crippen LogP contribution in [-0.2, 0) is 0 Å². The van der Waals surface area contributed by atoms with Crippen LogP contribution in [-0.4, -0.2) is 16.9 Å². The van der Waals surface area contributed by atoms with Crippen LogP contribution in [0, 0.1) is 5.82 Å². The Morgan fingerprint density at radius 2 is 1.56 bits per heavy atom. The minimum absolute atomic E-state index is 0.109. The molecule has 160 valence electrons. The van der Waals surface area contributed by atoms with Crippen molar-refractivity contribution in [2.45, 2.75) is 13.0 Å². The fraction of sp³-hybridized carbons (Fsp3) is 0.0800. The van der Waals surface area contributed by atoms with Gasteiger partial charge in [-0.3, -0.25) is 4.79 Å². The van der Waals surface area contributed by atoms with Crippen LogP contribution in [0.3, 0.4) is 0 Å². The summed E-state index contributed by atoms with van der Waals surface area (Å²) in [5.41, 5.74) is 2.85. The van der Waals surface area contributed by atoms with Crippen LogP contribution in [0.2, 0.25) is 0 Å². The van der Waals surface area contributed by atoms with E-state index in [1.165, 1.54) is 24.3 Å². The molecule has 1 unspecified atom stereocenters. The Hall–Kier alpha value is -3.84. The number of allylic oxidation sites excluding steroid dienone is 1. The van der Waals surface area contributed by atoms with Crippen LogP contribution >= 0.6 is 12.2 Å². The molecular weight excluding hydrogens is 427 g/mol. The maximum Gasteiger partial charge on any atom is 0.343 e. The van der Waals surface area contributed by atoms with Crippen LogP contribution < -0.4 is 15.4 Å². The van der Waals surface area contributed by atoms with Gasteiger partial charge >= 0.3 is 5.97 Å². The molecule has 3 aromatic rings. The average molecular weight is 447 g/mol. The van der Waals surface area contributed by atoms with Gasteiger partial charge in [-0.15, -0.1) is 0 Å². The number of ether oxygens (including phenoxy) is 1. The van der Waals surface area contributed by atoms with Crippen molar-refractivity contribution >= 4 is 29.1 Å². The van der Waals surface area contributed by atoms with Gasteiger partial charge in [-0.05, 0) is 61.1 Å². The third-order valence-corrected chi connectivity index (χ3v) is 5.27. The summed E-state index contributed by atoms with van der Waals surface area (Å²) in [6.07, 6.45) is 0. The van der Waals surface area contributed by atoms with Gasteiger partial charge in [0, 0.05) is 16.8 Å². The molecule has 0 fully saturated rings. The minimum atomic E-state index is -0.588. The molecule has 1 aliphatic rings. The third kappa shape index (κ3) is 4.58. The number of carbonyl (C=O) groups excluding carboxylic acids is 2. The van der Waals surface area contributed by atoms with Crippen LogP contribution in [0.5, 0.6) is 5.75 Å². The molecular formula is C25H19FN2O3S. The lowest BCUT2D eigenvalue weighted by Gasteiger charge is -2.30. The quantitative estimate of drug-likeness (QED) is 0.256. The molecule has 5 nitrogen and oxygen atoms in total. The first-order valence-electron chi connectivity index (χ1n) is 9.88. The highest BCUT2D eigenvalue weighted by Gasteiger charge is 2.30. The summed E-state index contributed by atoms with van der Waals surface area (Å²) in [6.45, 7) is 1.81. The molecule has 0 bridgehead atoms. The number of rotatable bonds is 5. The van der Waals surface area contributed by atoms with Crippen molar-refractivity contribution in [2.24, 2.45) is 0 Å². The SMILES string of the molecule is CC1=C(C(=O)c2ccccc2)C(c2ccc(OC(=O)c3ccc(F)cc3)cc2)NC(=S)N1. The molecule has 0 spiro atoms. The molecule has 0 saturated carbocycles. The molecule has 0 saturated heterocycles. The average Bonchev–Trinajstić information content (AvgIpc) is 2.79. The summed E-state index contributed by atoms with van der Waals surface area (Å²) in [7, 11) is 0. The zero-order chi connectivity index (χ0) is 22.7. The van der Waals surface area contributed by atoms with E-state index in [0.717, 1.165) is 5.56 Å². The molecule has 32 heavy (non-hydrogen) atoms. The van der Waals surface area contributed by atoms with Gasteiger partial charge in [-0.1, -0.05) is 42.5 Å². The molecule has 0 aromatic heterocycles. The smallest absolute Gasteiger partial charge is 0.343 e. The van der Waals surface area contributed by atoms with Gasteiger partial charge in [-0.2, -0.15) is 0 Å². The molecule has 0 radical (unpaired) electrons. The summed E-state index contributed by atoms with van der Waals surface area (Å²) in [6, 6.07) is 20.5. The Morgan fingerprint density at radius 3 is 2.22 bits per heavy atom. The van der Waals surface area contributed by atoms with E-state index in [1.807, 2.05) is 25.1 Å². The second-order valence-corrected chi connectivity index (χ2v) is 7.64. The molecule has 1 atom stereocenters. The van der Waals surface area contributed by atoms with E-state index in [4.69, 9.17) is 17.0 Å². The topological polar surface area (TPSA) is 67.4 Å². The molecule has 1 heterocycles. The van der Waals surface area contributed by atoms with Crippen molar-refractivity contribution in [3.05, 3.63) is 113 Å². The van der Waals surface area contributed by atoms with Gasteiger partial charge in [0.2, 0.25) is 0 Å². The van der Waals surface area contributed by atoms with Crippen LogP contribution in [0.25, 0.3) is 0 Å². The van der Waals surface area contributed by atoms with E-state index in [1.54, 1.807) is 36.4 Å². The molecule has 3 aromatic carbocycles. The van der Waals surface area contributed by atoms with Crippen molar-refractivity contribution in [2.75, 3.05) is 0 Å². The van der Waals surface area contributed by atoms with Crippen molar-refractivity contribution in [1.29, 1.82) is 0 Å². The number of hydrogen-bond acceptors (Lipinski definition) is 4. The highest BCUT2D eigenvalue weighted by atomic mass is 32.1. The number of ketones is 1. The zero-order valence-corrected chi connectivity index (χ0v) is 17.9. The zero-order valence-electron chi connectivity index (χ0n) is 17.1. The van der Waals surface area contributed by atoms with E-state index in [9.17, 15) is 14.0 Å². The van der Waals surface area contributed by atoms with Crippen molar-refractivity contribution in [3.63, 3.8) is 0 Å². The largest absolute Gasteiger partial charge is 0.423 e. The fourth-order valence-corrected chi connectivity index (χ4v) is 3.74. The normalized spacial score (nSPS) is 15.6. The Kier molecular flexibility index (Phi) is 6.09. The lowest BCUT2D eigenvalue weighted by atomic mass is 9.90. The fourth-order valence-electron chi connectivity index (χ4n) is 3.47. The first-order valence-corrected chi connectivity index (χ1v) is 10.3. The summed E-state index contributed by atoms with van der Waals surface area (Å²) >= 11 is 5.30. The van der Waals surface area contributed by atoms with Gasteiger partial charge in [0.1, 0.15) is 11.6 Å². The van der Waals surface area contributed by atoms with E-state index in [2.05, 4.69) is 10.6 Å². The molecule has 1 aliphatic heterocycles. The van der Waals surface area contributed by atoms with Crippen LogP contribution in [0.15, 0.2) is 90.1 Å². The Morgan fingerprint density at radius 1 is 0.906 bits per heavy atom. The maximum absolute atomic E-state index is 13.2. The number of carbonyl (C=O) groups is 2. The number of esters is 1. The summed E-state index contributed by atoms with van der Waals surface area (Å²) < 4.78 is 18.4.